The number of carbonyl (C=O) groups is 1. The first-order chi connectivity index (χ1) is 13.0. The lowest BCUT2D eigenvalue weighted by molar-refractivity contribution is 0.0912. The van der Waals surface area contributed by atoms with Gasteiger partial charge in [-0.1, -0.05) is 13.0 Å². The Kier molecular flexibility index (Phi) is 6.86. The second-order valence-corrected chi connectivity index (χ2v) is 8.96. The van der Waals surface area contributed by atoms with Crippen molar-refractivity contribution in [3.05, 3.63) is 29.8 Å². The van der Waals surface area contributed by atoms with Crippen LogP contribution in [0.25, 0.3) is 0 Å². The van der Waals surface area contributed by atoms with Gasteiger partial charge in [0.2, 0.25) is 10.0 Å². The Labute approximate surface area is 161 Å². The van der Waals surface area contributed by atoms with Crippen LogP contribution >= 0.6 is 0 Å². The predicted molar refractivity (Wildman–Crippen MR) is 103 cm³/mol. The number of nitrogens with zero attached hydrogens (tertiary/aromatic N) is 1. The van der Waals surface area contributed by atoms with Crippen molar-refractivity contribution in [2.75, 3.05) is 32.8 Å². The molecule has 2 heterocycles. The van der Waals surface area contributed by atoms with E-state index in [0.29, 0.717) is 12.2 Å². The van der Waals surface area contributed by atoms with E-state index in [9.17, 15) is 13.2 Å². The molecule has 0 aromatic heterocycles. The van der Waals surface area contributed by atoms with Gasteiger partial charge in [0, 0.05) is 37.8 Å². The average molecular weight is 396 g/mol. The van der Waals surface area contributed by atoms with Crippen molar-refractivity contribution in [2.24, 2.45) is 0 Å². The minimum atomic E-state index is -3.66. The van der Waals surface area contributed by atoms with E-state index < -0.39 is 10.0 Å². The predicted octanol–water partition coefficient (Wildman–Crippen LogP) is 1.36. The van der Waals surface area contributed by atoms with Gasteiger partial charge < -0.3 is 15.0 Å². The summed E-state index contributed by atoms with van der Waals surface area (Å²) in [5.74, 6) is -0.221. The van der Waals surface area contributed by atoms with Gasteiger partial charge in [-0.25, -0.2) is 13.1 Å². The highest BCUT2D eigenvalue weighted by Crippen LogP contribution is 2.16. The quantitative estimate of drug-likeness (QED) is 0.728. The topological polar surface area (TPSA) is 87.7 Å². The third-order valence-electron chi connectivity index (χ3n) is 5.30. The molecule has 1 aromatic rings. The summed E-state index contributed by atoms with van der Waals surface area (Å²) in [4.78, 5) is 15.0. The molecule has 0 saturated carbocycles. The molecule has 8 heteroatoms. The zero-order valence-corrected chi connectivity index (χ0v) is 16.6. The van der Waals surface area contributed by atoms with Crippen LogP contribution in [-0.2, 0) is 14.8 Å². The minimum absolute atomic E-state index is 0.0692. The van der Waals surface area contributed by atoms with Gasteiger partial charge in [-0.2, -0.15) is 0 Å². The second-order valence-electron chi connectivity index (χ2n) is 7.20. The minimum Gasteiger partial charge on any atom is -0.377 e. The maximum Gasteiger partial charge on any atom is 0.251 e. The van der Waals surface area contributed by atoms with Gasteiger partial charge in [0.25, 0.3) is 5.91 Å². The Morgan fingerprint density at radius 2 is 2.04 bits per heavy atom. The summed E-state index contributed by atoms with van der Waals surface area (Å²) in [5, 5.41) is 3.03. The number of likely N-dealkylation sites (tertiary alicyclic amines) is 1. The van der Waals surface area contributed by atoms with Crippen LogP contribution in [0.4, 0.5) is 0 Å². The number of piperidine rings is 1. The number of hydrogen-bond acceptors (Lipinski definition) is 5. The molecule has 2 aliphatic rings. The number of rotatable bonds is 7. The van der Waals surface area contributed by atoms with E-state index in [2.05, 4.69) is 21.9 Å². The first-order valence-corrected chi connectivity index (χ1v) is 11.2. The zero-order valence-electron chi connectivity index (χ0n) is 15.8. The summed E-state index contributed by atoms with van der Waals surface area (Å²) >= 11 is 0. The fourth-order valence-electron chi connectivity index (χ4n) is 3.56. The zero-order chi connectivity index (χ0) is 19.3. The summed E-state index contributed by atoms with van der Waals surface area (Å²) < 4.78 is 33.1. The molecule has 2 fully saturated rings. The summed E-state index contributed by atoms with van der Waals surface area (Å²) in [6.45, 7) is 6.05. The van der Waals surface area contributed by atoms with Gasteiger partial charge in [-0.05, 0) is 50.4 Å². The summed E-state index contributed by atoms with van der Waals surface area (Å²) in [5.41, 5.74) is 0.368. The van der Waals surface area contributed by atoms with Crippen LogP contribution in [0.3, 0.4) is 0 Å². The highest BCUT2D eigenvalue weighted by atomic mass is 32.2. The van der Waals surface area contributed by atoms with Gasteiger partial charge in [-0.3, -0.25) is 4.79 Å². The third-order valence-corrected chi connectivity index (χ3v) is 6.72. The molecule has 0 spiro atoms. The third kappa shape index (κ3) is 5.51. The first-order valence-electron chi connectivity index (χ1n) is 9.72. The molecule has 1 amide bonds. The number of sulfonamides is 1. The number of hydrogen-bond donors (Lipinski definition) is 2. The van der Waals surface area contributed by atoms with Crippen LogP contribution < -0.4 is 10.0 Å². The highest BCUT2D eigenvalue weighted by molar-refractivity contribution is 7.89. The molecule has 2 N–H and O–H groups in total. The molecule has 1 atom stereocenters. The molecule has 2 saturated heterocycles. The number of nitrogens with one attached hydrogen (secondary N) is 2. The van der Waals surface area contributed by atoms with Crippen molar-refractivity contribution in [1.29, 1.82) is 0 Å². The van der Waals surface area contributed by atoms with E-state index in [1.807, 2.05) is 0 Å². The molecule has 0 radical (unpaired) electrons. The Balaban J connectivity index is 1.59. The molecule has 7 nitrogen and oxygen atoms in total. The van der Waals surface area contributed by atoms with Gasteiger partial charge >= 0.3 is 0 Å². The fraction of sp³-hybridized carbons (Fsp3) is 0.632. The van der Waals surface area contributed by atoms with Gasteiger partial charge in [0.05, 0.1) is 11.0 Å². The molecule has 2 aliphatic heterocycles. The van der Waals surface area contributed by atoms with Crippen LogP contribution in [-0.4, -0.2) is 64.2 Å². The monoisotopic (exact) mass is 395 g/mol. The molecule has 0 aliphatic carbocycles. The molecular weight excluding hydrogens is 366 g/mol. The lowest BCUT2D eigenvalue weighted by Gasteiger charge is -2.31. The maximum absolute atomic E-state index is 12.6. The van der Waals surface area contributed by atoms with Crippen molar-refractivity contribution in [3.8, 4) is 0 Å². The summed E-state index contributed by atoms with van der Waals surface area (Å²) in [6, 6.07) is 6.34. The van der Waals surface area contributed by atoms with Crippen LogP contribution in [0.15, 0.2) is 29.2 Å². The molecular formula is C19H29N3O4S. The SMILES string of the molecule is CCN1CCC(NC(=O)c2cccc(S(=O)(=O)NCC3CCCO3)c2)CC1. The average Bonchev–Trinajstić information content (AvgIpc) is 3.21. The molecule has 1 aromatic carbocycles. The van der Waals surface area contributed by atoms with E-state index in [-0.39, 0.29) is 29.5 Å². The standard InChI is InChI=1S/C19H29N3O4S/c1-2-22-10-8-16(9-11-22)21-19(23)15-5-3-7-18(13-15)27(24,25)20-14-17-6-4-12-26-17/h3,5,7,13,16-17,20H,2,4,6,8-12,14H2,1H3,(H,21,23). The largest absolute Gasteiger partial charge is 0.377 e. The molecule has 1 unspecified atom stereocenters. The van der Waals surface area contributed by atoms with Crippen molar-refractivity contribution < 1.29 is 17.9 Å². The van der Waals surface area contributed by atoms with Gasteiger partial charge in [0.15, 0.2) is 0 Å². The van der Waals surface area contributed by atoms with Crippen molar-refractivity contribution in [2.45, 2.75) is 49.6 Å². The normalized spacial score (nSPS) is 22.0. The van der Waals surface area contributed by atoms with Crippen LogP contribution in [0.2, 0.25) is 0 Å². The molecule has 3 rings (SSSR count). The summed E-state index contributed by atoms with van der Waals surface area (Å²) in [6.07, 6.45) is 3.59. The highest BCUT2D eigenvalue weighted by Gasteiger charge is 2.23. The number of amides is 1. The van der Waals surface area contributed by atoms with E-state index in [0.717, 1.165) is 45.3 Å². The lowest BCUT2D eigenvalue weighted by atomic mass is 10.0. The number of ether oxygens (including phenoxy) is 1. The van der Waals surface area contributed by atoms with E-state index >= 15 is 0 Å². The summed E-state index contributed by atoms with van der Waals surface area (Å²) in [7, 11) is -3.66. The number of carbonyl (C=O) groups excluding carboxylic acids is 1. The van der Waals surface area contributed by atoms with E-state index in [1.165, 1.54) is 12.1 Å². The first kappa shape index (κ1) is 20.3. The fourth-order valence-corrected chi connectivity index (χ4v) is 4.67. The Morgan fingerprint density at radius 1 is 1.26 bits per heavy atom. The van der Waals surface area contributed by atoms with Gasteiger partial charge in [-0.15, -0.1) is 0 Å². The van der Waals surface area contributed by atoms with Crippen LogP contribution in [0.5, 0.6) is 0 Å². The Bertz CT molecular complexity index is 739. The number of benzene rings is 1. The van der Waals surface area contributed by atoms with Crippen molar-refractivity contribution in [1.82, 2.24) is 14.9 Å². The van der Waals surface area contributed by atoms with Crippen LogP contribution in [0, 0.1) is 0 Å². The van der Waals surface area contributed by atoms with E-state index in [1.54, 1.807) is 12.1 Å². The lowest BCUT2D eigenvalue weighted by Crippen LogP contribution is -2.44. The van der Waals surface area contributed by atoms with Crippen molar-refractivity contribution >= 4 is 15.9 Å². The Morgan fingerprint density at radius 3 is 2.70 bits per heavy atom. The molecule has 27 heavy (non-hydrogen) atoms. The van der Waals surface area contributed by atoms with E-state index in [4.69, 9.17) is 4.74 Å². The second kappa shape index (κ2) is 9.14. The van der Waals surface area contributed by atoms with Crippen LogP contribution in [0.1, 0.15) is 43.0 Å². The van der Waals surface area contributed by atoms with Crippen molar-refractivity contribution in [3.63, 3.8) is 0 Å². The maximum atomic E-state index is 12.6. The molecule has 150 valence electrons. The van der Waals surface area contributed by atoms with Gasteiger partial charge in [0.1, 0.15) is 0 Å². The smallest absolute Gasteiger partial charge is 0.251 e. The molecule has 0 bridgehead atoms. The Hall–Kier alpha value is -1.48.